The van der Waals surface area contributed by atoms with Crippen LogP contribution in [0.25, 0.3) is 0 Å². The van der Waals surface area contributed by atoms with Gasteiger partial charge in [-0.25, -0.2) is 0 Å². The molecule has 2 heterocycles. The fourth-order valence-electron chi connectivity index (χ4n) is 4.20. The van der Waals surface area contributed by atoms with Crippen LogP contribution in [0.1, 0.15) is 64.2 Å². The summed E-state index contributed by atoms with van der Waals surface area (Å²) >= 11 is 0. The molecular weight excluding hydrogens is 236 g/mol. The van der Waals surface area contributed by atoms with E-state index in [0.717, 1.165) is 25.4 Å². The molecule has 108 valence electrons. The van der Waals surface area contributed by atoms with Crippen LogP contribution in [0, 0.1) is 5.92 Å². The number of piperidine rings is 1. The third-order valence-corrected chi connectivity index (χ3v) is 5.37. The average Bonchev–Trinajstić information content (AvgIpc) is 2.75. The van der Waals surface area contributed by atoms with Gasteiger partial charge in [0.15, 0.2) is 0 Å². The second-order valence-corrected chi connectivity index (χ2v) is 6.69. The molecule has 0 radical (unpaired) electrons. The van der Waals surface area contributed by atoms with Gasteiger partial charge in [0, 0.05) is 19.1 Å². The molecule has 19 heavy (non-hydrogen) atoms. The van der Waals surface area contributed by atoms with Crippen molar-refractivity contribution < 1.29 is 4.79 Å². The molecule has 1 aliphatic carbocycles. The van der Waals surface area contributed by atoms with E-state index in [2.05, 4.69) is 10.2 Å². The van der Waals surface area contributed by atoms with Crippen molar-refractivity contribution in [3.63, 3.8) is 0 Å². The maximum absolute atomic E-state index is 12.6. The highest BCUT2D eigenvalue weighted by Crippen LogP contribution is 2.32. The second kappa shape index (κ2) is 6.25. The summed E-state index contributed by atoms with van der Waals surface area (Å²) in [4.78, 5) is 14.8. The predicted octanol–water partition coefficient (Wildman–Crippen LogP) is 2.70. The minimum absolute atomic E-state index is 0.123. The van der Waals surface area contributed by atoms with E-state index in [1.807, 2.05) is 0 Å². The first-order valence-corrected chi connectivity index (χ1v) is 8.39. The van der Waals surface area contributed by atoms with Gasteiger partial charge in [-0.05, 0) is 44.4 Å². The Kier molecular flexibility index (Phi) is 4.42. The van der Waals surface area contributed by atoms with Gasteiger partial charge in [-0.1, -0.05) is 25.7 Å². The topological polar surface area (TPSA) is 32.3 Å². The molecule has 3 nitrogen and oxygen atoms in total. The molecule has 2 saturated heterocycles. The Morgan fingerprint density at radius 1 is 0.842 bits per heavy atom. The van der Waals surface area contributed by atoms with Crippen molar-refractivity contribution in [3.05, 3.63) is 0 Å². The molecule has 3 unspecified atom stereocenters. The van der Waals surface area contributed by atoms with Gasteiger partial charge < -0.3 is 10.2 Å². The lowest BCUT2D eigenvalue weighted by Gasteiger charge is -2.41. The molecule has 1 N–H and O–H groups in total. The number of nitrogens with zero attached hydrogens (tertiary/aromatic N) is 1. The Bertz CT molecular complexity index is 310. The van der Waals surface area contributed by atoms with Crippen LogP contribution in [0.5, 0.6) is 0 Å². The maximum Gasteiger partial charge on any atom is 0.239 e. The lowest BCUT2D eigenvalue weighted by molar-refractivity contribution is -0.134. The fraction of sp³-hybridized carbons (Fsp3) is 0.938. The summed E-state index contributed by atoms with van der Waals surface area (Å²) in [5.74, 6) is 1.24. The van der Waals surface area contributed by atoms with Gasteiger partial charge >= 0.3 is 0 Å². The van der Waals surface area contributed by atoms with E-state index in [-0.39, 0.29) is 6.04 Å². The third-order valence-electron chi connectivity index (χ3n) is 5.37. The third kappa shape index (κ3) is 3.13. The number of fused-ring (bicyclic) bond motifs is 1. The van der Waals surface area contributed by atoms with Crippen LogP contribution in [-0.2, 0) is 4.79 Å². The smallest absolute Gasteiger partial charge is 0.239 e. The SMILES string of the molecule is O=C(C1CCC2CCCCC2N1)N1CCCCCC1. The van der Waals surface area contributed by atoms with Gasteiger partial charge in [-0.2, -0.15) is 0 Å². The Morgan fingerprint density at radius 2 is 1.58 bits per heavy atom. The molecule has 3 aliphatic rings. The van der Waals surface area contributed by atoms with Crippen LogP contribution in [0.15, 0.2) is 0 Å². The van der Waals surface area contributed by atoms with Crippen LogP contribution in [0.4, 0.5) is 0 Å². The molecule has 3 fully saturated rings. The second-order valence-electron chi connectivity index (χ2n) is 6.69. The summed E-state index contributed by atoms with van der Waals surface area (Å²) in [6, 6.07) is 0.751. The molecule has 0 bridgehead atoms. The quantitative estimate of drug-likeness (QED) is 0.790. The molecule has 0 aromatic heterocycles. The van der Waals surface area contributed by atoms with Gasteiger partial charge in [0.2, 0.25) is 5.91 Å². The van der Waals surface area contributed by atoms with E-state index in [0.29, 0.717) is 11.9 Å². The zero-order valence-corrected chi connectivity index (χ0v) is 12.1. The van der Waals surface area contributed by atoms with Crippen molar-refractivity contribution in [2.45, 2.75) is 76.3 Å². The minimum Gasteiger partial charge on any atom is -0.341 e. The summed E-state index contributed by atoms with van der Waals surface area (Å²) < 4.78 is 0. The Balaban J connectivity index is 1.57. The zero-order chi connectivity index (χ0) is 13.1. The molecule has 0 aromatic carbocycles. The lowest BCUT2D eigenvalue weighted by Crippen LogP contribution is -2.55. The van der Waals surface area contributed by atoms with Crippen LogP contribution in [0.2, 0.25) is 0 Å². The van der Waals surface area contributed by atoms with Crippen LogP contribution >= 0.6 is 0 Å². The van der Waals surface area contributed by atoms with Crippen molar-refractivity contribution in [3.8, 4) is 0 Å². The maximum atomic E-state index is 12.6. The molecule has 0 spiro atoms. The molecule has 3 rings (SSSR count). The molecule has 2 aliphatic heterocycles. The first-order chi connectivity index (χ1) is 9.34. The van der Waals surface area contributed by atoms with Crippen molar-refractivity contribution in [1.82, 2.24) is 10.2 Å². The van der Waals surface area contributed by atoms with Crippen molar-refractivity contribution in [2.24, 2.45) is 5.92 Å². The lowest BCUT2D eigenvalue weighted by atomic mass is 9.77. The number of carbonyl (C=O) groups excluding carboxylic acids is 1. The summed E-state index contributed by atoms with van der Waals surface area (Å²) in [6.07, 6.45) is 12.7. The Morgan fingerprint density at radius 3 is 2.37 bits per heavy atom. The summed E-state index contributed by atoms with van der Waals surface area (Å²) in [7, 11) is 0. The normalized spacial score (nSPS) is 36.4. The van der Waals surface area contributed by atoms with Gasteiger partial charge in [-0.15, -0.1) is 0 Å². The van der Waals surface area contributed by atoms with E-state index in [1.165, 1.54) is 57.8 Å². The van der Waals surface area contributed by atoms with E-state index < -0.39 is 0 Å². The van der Waals surface area contributed by atoms with E-state index in [4.69, 9.17) is 0 Å². The monoisotopic (exact) mass is 264 g/mol. The van der Waals surface area contributed by atoms with Crippen LogP contribution in [0.3, 0.4) is 0 Å². The molecule has 1 amide bonds. The van der Waals surface area contributed by atoms with Crippen LogP contribution in [-0.4, -0.2) is 36.0 Å². The highest BCUT2D eigenvalue weighted by atomic mass is 16.2. The number of rotatable bonds is 1. The van der Waals surface area contributed by atoms with Crippen LogP contribution < -0.4 is 5.32 Å². The number of likely N-dealkylation sites (tertiary alicyclic amines) is 1. The van der Waals surface area contributed by atoms with Crippen molar-refractivity contribution >= 4 is 5.91 Å². The number of hydrogen-bond acceptors (Lipinski definition) is 2. The molecule has 3 atom stereocenters. The van der Waals surface area contributed by atoms with Gasteiger partial charge in [-0.3, -0.25) is 4.79 Å². The first kappa shape index (κ1) is 13.4. The first-order valence-electron chi connectivity index (χ1n) is 8.39. The summed E-state index contributed by atoms with van der Waals surface area (Å²) in [5.41, 5.74) is 0. The Labute approximate surface area is 117 Å². The average molecular weight is 264 g/mol. The zero-order valence-electron chi connectivity index (χ0n) is 12.1. The fourth-order valence-corrected chi connectivity index (χ4v) is 4.20. The molecule has 1 saturated carbocycles. The highest BCUT2D eigenvalue weighted by Gasteiger charge is 2.35. The predicted molar refractivity (Wildman–Crippen MR) is 77.0 cm³/mol. The van der Waals surface area contributed by atoms with Crippen molar-refractivity contribution in [1.29, 1.82) is 0 Å². The molecular formula is C16H28N2O. The summed E-state index contributed by atoms with van der Waals surface area (Å²) in [5, 5.41) is 3.68. The number of nitrogens with one attached hydrogen (secondary N) is 1. The Hall–Kier alpha value is -0.570. The molecule has 0 aromatic rings. The van der Waals surface area contributed by atoms with E-state index >= 15 is 0 Å². The van der Waals surface area contributed by atoms with Gasteiger partial charge in [0.25, 0.3) is 0 Å². The van der Waals surface area contributed by atoms with Crippen molar-refractivity contribution in [2.75, 3.05) is 13.1 Å². The standard InChI is InChI=1S/C16H28N2O/c19-16(18-11-5-1-2-6-12-18)15-10-9-13-7-3-4-8-14(13)17-15/h13-15,17H,1-12H2. The molecule has 3 heteroatoms. The van der Waals surface area contributed by atoms with Gasteiger partial charge in [0.05, 0.1) is 6.04 Å². The minimum atomic E-state index is 0.123. The van der Waals surface area contributed by atoms with E-state index in [1.54, 1.807) is 0 Å². The number of amides is 1. The number of carbonyl (C=O) groups is 1. The van der Waals surface area contributed by atoms with E-state index in [9.17, 15) is 4.79 Å². The largest absolute Gasteiger partial charge is 0.341 e. The highest BCUT2D eigenvalue weighted by molar-refractivity contribution is 5.82. The van der Waals surface area contributed by atoms with Gasteiger partial charge in [0.1, 0.15) is 0 Å². The summed E-state index contributed by atoms with van der Waals surface area (Å²) in [6.45, 7) is 1.98. The number of hydrogen-bond donors (Lipinski definition) is 1.